The molecule has 0 aliphatic carbocycles. The van der Waals surface area contributed by atoms with E-state index >= 15 is 0 Å². The zero-order valence-electron chi connectivity index (χ0n) is 11.5. The molecule has 2 heterocycles. The van der Waals surface area contributed by atoms with E-state index in [-0.39, 0.29) is 5.28 Å². The van der Waals surface area contributed by atoms with Crippen LogP contribution in [0.15, 0.2) is 28.3 Å². The quantitative estimate of drug-likeness (QED) is 0.859. The van der Waals surface area contributed by atoms with E-state index in [1.54, 1.807) is 4.90 Å². The van der Waals surface area contributed by atoms with Crippen LogP contribution in [-0.2, 0) is 0 Å². The van der Waals surface area contributed by atoms with Crippen LogP contribution in [0.5, 0.6) is 11.5 Å². The molecule has 0 amide bonds. The first-order chi connectivity index (χ1) is 10.1. The standard InChI is InChI=1S/C13H13ClN4O2S/c1-18(2)12-15-11(14)16-13(17-12)21-8-3-4-9-10(7-8)20-6-5-19-9/h3-4,7H,5-6H2,1-2H3. The van der Waals surface area contributed by atoms with Gasteiger partial charge in [0.05, 0.1) is 0 Å². The van der Waals surface area contributed by atoms with E-state index in [4.69, 9.17) is 21.1 Å². The van der Waals surface area contributed by atoms with Gasteiger partial charge >= 0.3 is 0 Å². The summed E-state index contributed by atoms with van der Waals surface area (Å²) in [6.07, 6.45) is 0. The van der Waals surface area contributed by atoms with Crippen molar-refractivity contribution in [1.29, 1.82) is 0 Å². The Morgan fingerprint density at radius 2 is 1.86 bits per heavy atom. The molecular formula is C13H13ClN4O2S. The molecule has 8 heteroatoms. The lowest BCUT2D eigenvalue weighted by Crippen LogP contribution is -2.15. The maximum Gasteiger partial charge on any atom is 0.230 e. The predicted octanol–water partition coefficient (Wildman–Crippen LogP) is 2.51. The van der Waals surface area contributed by atoms with Crippen LogP contribution in [0.4, 0.5) is 5.95 Å². The normalized spacial score (nSPS) is 13.1. The molecule has 0 saturated carbocycles. The van der Waals surface area contributed by atoms with Crippen LogP contribution >= 0.6 is 23.4 Å². The molecule has 0 saturated heterocycles. The number of aromatic nitrogens is 3. The highest BCUT2D eigenvalue weighted by atomic mass is 35.5. The first-order valence-electron chi connectivity index (χ1n) is 6.28. The fourth-order valence-corrected chi connectivity index (χ4v) is 2.74. The van der Waals surface area contributed by atoms with Crippen LogP contribution in [0.3, 0.4) is 0 Å². The van der Waals surface area contributed by atoms with Crippen molar-refractivity contribution in [2.75, 3.05) is 32.2 Å². The average molecular weight is 325 g/mol. The highest BCUT2D eigenvalue weighted by Gasteiger charge is 2.14. The Hall–Kier alpha value is -1.73. The number of hydrogen-bond donors (Lipinski definition) is 0. The van der Waals surface area contributed by atoms with E-state index in [2.05, 4.69) is 15.0 Å². The van der Waals surface area contributed by atoms with Gasteiger partial charge in [-0.05, 0) is 41.6 Å². The van der Waals surface area contributed by atoms with E-state index < -0.39 is 0 Å². The molecule has 1 aliphatic rings. The number of benzene rings is 1. The lowest BCUT2D eigenvalue weighted by molar-refractivity contribution is 0.171. The van der Waals surface area contributed by atoms with Crippen LogP contribution in [0.1, 0.15) is 0 Å². The van der Waals surface area contributed by atoms with Crippen LogP contribution in [-0.4, -0.2) is 42.3 Å². The lowest BCUT2D eigenvalue weighted by atomic mass is 10.3. The third-order valence-corrected chi connectivity index (χ3v) is 3.72. The van der Waals surface area contributed by atoms with Gasteiger partial charge in [-0.25, -0.2) is 0 Å². The Morgan fingerprint density at radius 1 is 1.10 bits per heavy atom. The predicted molar refractivity (Wildman–Crippen MR) is 80.7 cm³/mol. The summed E-state index contributed by atoms with van der Waals surface area (Å²) in [6.45, 7) is 1.14. The van der Waals surface area contributed by atoms with Crippen LogP contribution in [0.25, 0.3) is 0 Å². The summed E-state index contributed by atoms with van der Waals surface area (Å²) < 4.78 is 11.1. The molecule has 21 heavy (non-hydrogen) atoms. The molecule has 1 aromatic carbocycles. The summed E-state index contributed by atoms with van der Waals surface area (Å²) >= 11 is 7.33. The van der Waals surface area contributed by atoms with Crippen molar-refractivity contribution in [3.05, 3.63) is 23.5 Å². The number of fused-ring (bicyclic) bond motifs is 1. The molecule has 1 aliphatic heterocycles. The Bertz CT molecular complexity index is 669. The minimum absolute atomic E-state index is 0.175. The minimum atomic E-state index is 0.175. The lowest BCUT2D eigenvalue weighted by Gasteiger charge is -2.18. The highest BCUT2D eigenvalue weighted by molar-refractivity contribution is 7.99. The van der Waals surface area contributed by atoms with Crippen molar-refractivity contribution >= 4 is 29.3 Å². The fourth-order valence-electron chi connectivity index (χ4n) is 1.76. The second kappa shape index (κ2) is 5.95. The molecule has 0 N–H and O–H groups in total. The largest absolute Gasteiger partial charge is 0.486 e. The molecule has 0 unspecified atom stereocenters. The van der Waals surface area contributed by atoms with Gasteiger partial charge in [0.1, 0.15) is 13.2 Å². The van der Waals surface area contributed by atoms with Gasteiger partial charge in [0.25, 0.3) is 0 Å². The van der Waals surface area contributed by atoms with Crippen LogP contribution in [0.2, 0.25) is 5.28 Å². The molecule has 6 nitrogen and oxygen atoms in total. The summed E-state index contributed by atoms with van der Waals surface area (Å²) in [5, 5.41) is 0.712. The Balaban J connectivity index is 1.86. The van der Waals surface area contributed by atoms with Crippen molar-refractivity contribution in [2.45, 2.75) is 10.1 Å². The number of rotatable bonds is 3. The molecular weight excluding hydrogens is 312 g/mol. The first-order valence-corrected chi connectivity index (χ1v) is 7.47. The third kappa shape index (κ3) is 3.30. The second-order valence-corrected chi connectivity index (χ2v) is 5.87. The number of ether oxygens (including phenoxy) is 2. The topological polar surface area (TPSA) is 60.4 Å². The van der Waals surface area contributed by atoms with Gasteiger partial charge < -0.3 is 14.4 Å². The Kier molecular flexibility index (Phi) is 4.03. The van der Waals surface area contributed by atoms with Gasteiger partial charge in [0.15, 0.2) is 16.7 Å². The van der Waals surface area contributed by atoms with E-state index in [0.717, 1.165) is 16.4 Å². The molecule has 1 aromatic heterocycles. The number of anilines is 1. The first kappa shape index (κ1) is 14.2. The number of halogens is 1. The molecule has 0 radical (unpaired) electrons. The molecule has 0 bridgehead atoms. The van der Waals surface area contributed by atoms with Gasteiger partial charge in [-0.2, -0.15) is 15.0 Å². The average Bonchev–Trinajstić information content (AvgIpc) is 2.46. The monoisotopic (exact) mass is 324 g/mol. The van der Waals surface area contributed by atoms with E-state index in [0.29, 0.717) is 24.3 Å². The van der Waals surface area contributed by atoms with Gasteiger partial charge in [0, 0.05) is 19.0 Å². The smallest absolute Gasteiger partial charge is 0.230 e. The van der Waals surface area contributed by atoms with Crippen molar-refractivity contribution in [2.24, 2.45) is 0 Å². The summed E-state index contributed by atoms with van der Waals surface area (Å²) in [6, 6.07) is 5.73. The van der Waals surface area contributed by atoms with Gasteiger partial charge in [-0.15, -0.1) is 0 Å². The molecule has 2 aromatic rings. The molecule has 110 valence electrons. The van der Waals surface area contributed by atoms with Crippen molar-refractivity contribution in [1.82, 2.24) is 15.0 Å². The molecule has 0 fully saturated rings. The number of nitrogens with zero attached hydrogens (tertiary/aromatic N) is 4. The van der Waals surface area contributed by atoms with Crippen LogP contribution in [0, 0.1) is 0 Å². The summed E-state index contributed by atoms with van der Waals surface area (Å²) in [7, 11) is 3.70. The van der Waals surface area contributed by atoms with E-state index in [1.165, 1.54) is 11.8 Å². The summed E-state index contributed by atoms with van der Waals surface area (Å²) in [5.74, 6) is 2.02. The summed E-state index contributed by atoms with van der Waals surface area (Å²) in [5.41, 5.74) is 0. The third-order valence-electron chi connectivity index (χ3n) is 2.70. The zero-order valence-corrected chi connectivity index (χ0v) is 13.1. The highest BCUT2D eigenvalue weighted by Crippen LogP contribution is 2.36. The minimum Gasteiger partial charge on any atom is -0.486 e. The number of hydrogen-bond acceptors (Lipinski definition) is 7. The molecule has 0 spiro atoms. The Labute approximate surface area is 131 Å². The SMILES string of the molecule is CN(C)c1nc(Cl)nc(Sc2ccc3c(c2)OCCO3)n1. The van der Waals surface area contributed by atoms with E-state index in [9.17, 15) is 0 Å². The van der Waals surface area contributed by atoms with Gasteiger partial charge in [-0.1, -0.05) is 0 Å². The summed E-state index contributed by atoms with van der Waals surface area (Å²) in [4.78, 5) is 15.3. The molecule has 0 atom stereocenters. The van der Waals surface area contributed by atoms with Crippen molar-refractivity contribution in [3.63, 3.8) is 0 Å². The van der Waals surface area contributed by atoms with Crippen LogP contribution < -0.4 is 14.4 Å². The maximum absolute atomic E-state index is 5.93. The fraction of sp³-hybridized carbons (Fsp3) is 0.308. The van der Waals surface area contributed by atoms with Crippen molar-refractivity contribution < 1.29 is 9.47 Å². The van der Waals surface area contributed by atoms with E-state index in [1.807, 2.05) is 32.3 Å². The van der Waals surface area contributed by atoms with Gasteiger partial charge in [0.2, 0.25) is 11.2 Å². The van der Waals surface area contributed by atoms with Gasteiger partial charge in [-0.3, -0.25) is 0 Å². The Morgan fingerprint density at radius 3 is 2.62 bits per heavy atom. The maximum atomic E-state index is 5.93. The van der Waals surface area contributed by atoms with Crippen molar-refractivity contribution in [3.8, 4) is 11.5 Å². The zero-order chi connectivity index (χ0) is 14.8. The second-order valence-electron chi connectivity index (χ2n) is 4.49. The molecule has 3 rings (SSSR count).